The highest BCUT2D eigenvalue weighted by atomic mass is 16.5. The zero-order chi connectivity index (χ0) is 14.0. The highest BCUT2D eigenvalue weighted by Crippen LogP contribution is 2.35. The first-order valence-corrected chi connectivity index (χ1v) is 8.79. The topological polar surface area (TPSA) is 24.5 Å². The molecule has 20 heavy (non-hydrogen) atoms. The maximum atomic E-state index is 5.58. The van der Waals surface area contributed by atoms with Crippen LogP contribution in [0, 0.1) is 5.92 Å². The smallest absolute Gasteiger partial charge is 0.0480 e. The molecule has 0 bridgehead atoms. The van der Waals surface area contributed by atoms with Crippen LogP contribution in [0.15, 0.2) is 0 Å². The van der Waals surface area contributed by atoms with E-state index in [1.165, 1.54) is 58.0 Å². The van der Waals surface area contributed by atoms with Crippen LogP contribution in [0.4, 0.5) is 0 Å². The van der Waals surface area contributed by atoms with Gasteiger partial charge >= 0.3 is 0 Å². The maximum absolute atomic E-state index is 5.58. The largest absolute Gasteiger partial charge is 0.381 e. The molecule has 1 saturated carbocycles. The minimum Gasteiger partial charge on any atom is -0.381 e. The molecular formula is C17H32N2O. The monoisotopic (exact) mass is 280 g/mol. The van der Waals surface area contributed by atoms with Crippen molar-refractivity contribution in [1.29, 1.82) is 0 Å². The van der Waals surface area contributed by atoms with E-state index in [1.54, 1.807) is 0 Å². The molecule has 1 unspecified atom stereocenters. The predicted molar refractivity (Wildman–Crippen MR) is 83.0 cm³/mol. The number of hydrogen-bond acceptors (Lipinski definition) is 3. The Bertz CT molecular complexity index is 306. The lowest BCUT2D eigenvalue weighted by Crippen LogP contribution is -2.68. The second-order valence-electron chi connectivity index (χ2n) is 7.55. The average molecular weight is 280 g/mol. The molecule has 1 aliphatic carbocycles. The molecule has 2 saturated heterocycles. The molecule has 0 amide bonds. The lowest BCUT2D eigenvalue weighted by Gasteiger charge is -2.53. The van der Waals surface area contributed by atoms with Gasteiger partial charge in [0.15, 0.2) is 0 Å². The molecule has 1 spiro atoms. The number of ether oxygens (including phenoxy) is 1. The fourth-order valence-electron chi connectivity index (χ4n) is 4.56. The van der Waals surface area contributed by atoms with Crippen molar-refractivity contribution in [2.45, 2.75) is 76.4 Å². The number of nitrogens with one attached hydrogen (secondary N) is 1. The van der Waals surface area contributed by atoms with Crippen LogP contribution < -0.4 is 5.32 Å². The zero-order valence-electron chi connectivity index (χ0n) is 13.4. The van der Waals surface area contributed by atoms with Gasteiger partial charge in [0, 0.05) is 43.9 Å². The first-order chi connectivity index (χ1) is 9.70. The van der Waals surface area contributed by atoms with Crippen LogP contribution in [0.1, 0.15) is 58.8 Å². The van der Waals surface area contributed by atoms with E-state index in [2.05, 4.69) is 24.1 Å². The predicted octanol–water partition coefficient (Wildman–Crippen LogP) is 2.80. The normalized spacial score (nSPS) is 32.9. The van der Waals surface area contributed by atoms with Crippen LogP contribution in [0.3, 0.4) is 0 Å². The highest BCUT2D eigenvalue weighted by Gasteiger charge is 2.43. The number of hydrogen-bond donors (Lipinski definition) is 1. The maximum Gasteiger partial charge on any atom is 0.0480 e. The summed E-state index contributed by atoms with van der Waals surface area (Å²) in [5.41, 5.74) is 0.432. The molecule has 0 aromatic carbocycles. The van der Waals surface area contributed by atoms with Crippen molar-refractivity contribution in [3.05, 3.63) is 0 Å². The summed E-state index contributed by atoms with van der Waals surface area (Å²) in [6.07, 6.45) is 9.52. The fraction of sp³-hybridized carbons (Fsp3) is 1.00. The summed E-state index contributed by atoms with van der Waals surface area (Å²) >= 11 is 0. The van der Waals surface area contributed by atoms with Crippen molar-refractivity contribution in [2.75, 3.05) is 26.3 Å². The molecule has 3 rings (SSSR count). The van der Waals surface area contributed by atoms with E-state index in [1.807, 2.05) is 0 Å². The van der Waals surface area contributed by atoms with Gasteiger partial charge in [-0.15, -0.1) is 0 Å². The molecule has 3 aliphatic rings. The highest BCUT2D eigenvalue weighted by molar-refractivity contribution is 5.02. The van der Waals surface area contributed by atoms with Gasteiger partial charge in [-0.3, -0.25) is 4.90 Å². The SMILES string of the molecule is CC(C)C1CNC2(CCCCC2)CN1C1CCOCC1. The van der Waals surface area contributed by atoms with Crippen LogP contribution >= 0.6 is 0 Å². The van der Waals surface area contributed by atoms with Gasteiger partial charge in [-0.05, 0) is 31.6 Å². The quantitative estimate of drug-likeness (QED) is 0.842. The molecule has 2 aliphatic heterocycles. The summed E-state index contributed by atoms with van der Waals surface area (Å²) in [4.78, 5) is 2.87. The van der Waals surface area contributed by atoms with Crippen molar-refractivity contribution < 1.29 is 4.74 Å². The van der Waals surface area contributed by atoms with Gasteiger partial charge in [-0.25, -0.2) is 0 Å². The zero-order valence-corrected chi connectivity index (χ0v) is 13.4. The van der Waals surface area contributed by atoms with Crippen molar-refractivity contribution in [3.63, 3.8) is 0 Å². The average Bonchev–Trinajstić information content (AvgIpc) is 2.48. The third-order valence-electron chi connectivity index (χ3n) is 5.84. The van der Waals surface area contributed by atoms with Crippen LogP contribution in [0.2, 0.25) is 0 Å². The van der Waals surface area contributed by atoms with Crippen molar-refractivity contribution in [3.8, 4) is 0 Å². The van der Waals surface area contributed by atoms with Crippen LogP contribution in [0.5, 0.6) is 0 Å². The molecule has 0 aromatic heterocycles. The van der Waals surface area contributed by atoms with Crippen molar-refractivity contribution >= 4 is 0 Å². The Morgan fingerprint density at radius 1 is 1.10 bits per heavy atom. The fourth-order valence-corrected chi connectivity index (χ4v) is 4.56. The van der Waals surface area contributed by atoms with E-state index in [9.17, 15) is 0 Å². The van der Waals surface area contributed by atoms with Gasteiger partial charge in [0.05, 0.1) is 0 Å². The van der Waals surface area contributed by atoms with E-state index < -0.39 is 0 Å². The molecule has 3 heteroatoms. The molecule has 0 aromatic rings. The Kier molecular flexibility index (Phi) is 4.68. The number of nitrogens with zero attached hydrogens (tertiary/aromatic N) is 1. The summed E-state index contributed by atoms with van der Waals surface area (Å²) in [5.74, 6) is 0.742. The Morgan fingerprint density at radius 3 is 2.45 bits per heavy atom. The summed E-state index contributed by atoms with van der Waals surface area (Å²) < 4.78 is 5.58. The molecule has 1 N–H and O–H groups in total. The summed E-state index contributed by atoms with van der Waals surface area (Å²) in [7, 11) is 0. The summed E-state index contributed by atoms with van der Waals surface area (Å²) in [6, 6.07) is 1.47. The van der Waals surface area contributed by atoms with Crippen molar-refractivity contribution in [2.24, 2.45) is 5.92 Å². The molecule has 116 valence electrons. The standard InChI is InChI=1S/C17H32N2O/c1-14(2)16-12-18-17(8-4-3-5-9-17)13-19(16)15-6-10-20-11-7-15/h14-16,18H,3-13H2,1-2H3. The molecule has 2 heterocycles. The number of piperazine rings is 1. The van der Waals surface area contributed by atoms with Gasteiger partial charge < -0.3 is 10.1 Å². The van der Waals surface area contributed by atoms with E-state index in [-0.39, 0.29) is 0 Å². The summed E-state index contributed by atoms with van der Waals surface area (Å²) in [6.45, 7) is 9.17. The Labute approximate surface area is 124 Å². The third kappa shape index (κ3) is 3.05. The first-order valence-electron chi connectivity index (χ1n) is 8.79. The molecule has 3 fully saturated rings. The minimum absolute atomic E-state index is 0.432. The molecule has 1 atom stereocenters. The van der Waals surface area contributed by atoms with E-state index in [4.69, 9.17) is 4.74 Å². The third-order valence-corrected chi connectivity index (χ3v) is 5.84. The Hall–Kier alpha value is -0.120. The van der Waals surface area contributed by atoms with Gasteiger partial charge in [0.1, 0.15) is 0 Å². The second kappa shape index (κ2) is 6.33. The van der Waals surface area contributed by atoms with E-state index in [0.717, 1.165) is 25.2 Å². The van der Waals surface area contributed by atoms with E-state index in [0.29, 0.717) is 11.6 Å². The lowest BCUT2D eigenvalue weighted by atomic mass is 9.77. The van der Waals surface area contributed by atoms with Crippen LogP contribution in [-0.2, 0) is 4.74 Å². The molecule has 3 nitrogen and oxygen atoms in total. The Morgan fingerprint density at radius 2 is 1.80 bits per heavy atom. The van der Waals surface area contributed by atoms with Gasteiger partial charge in [0.2, 0.25) is 0 Å². The van der Waals surface area contributed by atoms with E-state index >= 15 is 0 Å². The first kappa shape index (κ1) is 14.8. The van der Waals surface area contributed by atoms with Gasteiger partial charge in [-0.2, -0.15) is 0 Å². The van der Waals surface area contributed by atoms with Gasteiger partial charge in [-0.1, -0.05) is 33.1 Å². The molecule has 0 radical (unpaired) electrons. The second-order valence-corrected chi connectivity index (χ2v) is 7.55. The van der Waals surface area contributed by atoms with Crippen LogP contribution in [0.25, 0.3) is 0 Å². The molecular weight excluding hydrogens is 248 g/mol. The Balaban J connectivity index is 1.73. The lowest BCUT2D eigenvalue weighted by molar-refractivity contribution is -0.0352. The number of rotatable bonds is 2. The summed E-state index contributed by atoms with van der Waals surface area (Å²) in [5, 5.41) is 3.96. The van der Waals surface area contributed by atoms with Crippen LogP contribution in [-0.4, -0.2) is 48.8 Å². The van der Waals surface area contributed by atoms with Gasteiger partial charge in [0.25, 0.3) is 0 Å². The minimum atomic E-state index is 0.432. The van der Waals surface area contributed by atoms with Crippen molar-refractivity contribution in [1.82, 2.24) is 10.2 Å².